The molecule has 1 nitrogen and oxygen atoms in total. The Morgan fingerprint density at radius 3 is 2.79 bits per heavy atom. The number of aromatic nitrogens is 1. The smallest absolute Gasteiger partial charge is 0.0443 e. The molecule has 0 bridgehead atoms. The van der Waals surface area contributed by atoms with Gasteiger partial charge >= 0.3 is 0 Å². The van der Waals surface area contributed by atoms with Crippen LogP contribution in [0.3, 0.4) is 0 Å². The first-order chi connectivity index (χ1) is 6.75. The van der Waals surface area contributed by atoms with Crippen molar-refractivity contribution < 1.29 is 0 Å². The highest BCUT2D eigenvalue weighted by atomic mass is 79.9. The lowest BCUT2D eigenvalue weighted by Crippen LogP contribution is -1.94. The second-order valence-corrected chi connectivity index (χ2v) is 4.53. The van der Waals surface area contributed by atoms with Gasteiger partial charge in [-0.25, -0.2) is 0 Å². The lowest BCUT2D eigenvalue weighted by molar-refractivity contribution is 0.659. The van der Waals surface area contributed by atoms with Crippen LogP contribution in [0.5, 0.6) is 0 Å². The molecule has 0 spiro atoms. The maximum Gasteiger partial charge on any atom is 0.0443 e. The van der Waals surface area contributed by atoms with Gasteiger partial charge in [-0.1, -0.05) is 42.1 Å². The molecular formula is C12H18BrN. The molecule has 0 aromatic carbocycles. The van der Waals surface area contributed by atoms with E-state index in [1.54, 1.807) is 0 Å². The Kier molecular flexibility index (Phi) is 5.16. The molecule has 78 valence electrons. The Hall–Kier alpha value is -0.370. The van der Waals surface area contributed by atoms with E-state index in [0.717, 1.165) is 6.42 Å². The zero-order valence-electron chi connectivity index (χ0n) is 9.02. The van der Waals surface area contributed by atoms with Gasteiger partial charge in [0.25, 0.3) is 0 Å². The molecule has 0 aliphatic carbocycles. The van der Waals surface area contributed by atoms with Gasteiger partial charge in [-0.15, -0.1) is 0 Å². The van der Waals surface area contributed by atoms with Crippen molar-refractivity contribution in [3.8, 4) is 0 Å². The molecule has 1 aromatic heterocycles. The third-order valence-corrected chi connectivity index (χ3v) is 3.37. The number of halogens is 1. The summed E-state index contributed by atoms with van der Waals surface area (Å²) < 4.78 is 1.18. The van der Waals surface area contributed by atoms with Crippen molar-refractivity contribution in [2.75, 3.05) is 0 Å². The minimum Gasteiger partial charge on any atom is -0.261 e. The van der Waals surface area contributed by atoms with E-state index in [1.165, 1.54) is 41.4 Å². The van der Waals surface area contributed by atoms with Gasteiger partial charge in [-0.2, -0.15) is 0 Å². The van der Waals surface area contributed by atoms with E-state index in [4.69, 9.17) is 0 Å². The minimum absolute atomic E-state index is 1.12. The van der Waals surface area contributed by atoms with Gasteiger partial charge in [-0.3, -0.25) is 4.98 Å². The van der Waals surface area contributed by atoms with E-state index >= 15 is 0 Å². The number of hydrogen-bond donors (Lipinski definition) is 0. The summed E-state index contributed by atoms with van der Waals surface area (Å²) in [4.78, 5) is 4.41. The highest BCUT2D eigenvalue weighted by molar-refractivity contribution is 9.10. The standard InChI is InChI=1S/C12H18BrN/c1-3-4-5-6-7-12-10(2)11(13)8-9-14-12/h8-9H,3-7H2,1-2H3. The first-order valence-corrected chi connectivity index (χ1v) is 6.15. The number of pyridine rings is 1. The zero-order valence-corrected chi connectivity index (χ0v) is 10.6. The molecule has 0 fully saturated rings. The van der Waals surface area contributed by atoms with Crippen LogP contribution < -0.4 is 0 Å². The van der Waals surface area contributed by atoms with Gasteiger partial charge in [0.05, 0.1) is 0 Å². The molecule has 14 heavy (non-hydrogen) atoms. The maximum absolute atomic E-state index is 4.41. The van der Waals surface area contributed by atoms with Gasteiger partial charge in [0, 0.05) is 16.4 Å². The van der Waals surface area contributed by atoms with Crippen molar-refractivity contribution in [2.45, 2.75) is 46.0 Å². The third kappa shape index (κ3) is 3.41. The first kappa shape index (κ1) is 11.7. The SMILES string of the molecule is CCCCCCc1nccc(Br)c1C. The van der Waals surface area contributed by atoms with Crippen LogP contribution >= 0.6 is 15.9 Å². The van der Waals surface area contributed by atoms with Gasteiger partial charge in [0.1, 0.15) is 0 Å². The normalized spacial score (nSPS) is 10.5. The van der Waals surface area contributed by atoms with E-state index < -0.39 is 0 Å². The molecule has 0 amide bonds. The fourth-order valence-electron chi connectivity index (χ4n) is 1.52. The molecule has 1 rings (SSSR count). The second-order valence-electron chi connectivity index (χ2n) is 3.68. The molecule has 1 heterocycles. The molecule has 1 aromatic rings. The van der Waals surface area contributed by atoms with E-state index in [2.05, 4.69) is 34.8 Å². The van der Waals surface area contributed by atoms with E-state index in [0.29, 0.717) is 0 Å². The largest absolute Gasteiger partial charge is 0.261 e. The number of nitrogens with zero attached hydrogens (tertiary/aromatic N) is 1. The summed E-state index contributed by atoms with van der Waals surface area (Å²) in [6.45, 7) is 4.37. The highest BCUT2D eigenvalue weighted by Crippen LogP contribution is 2.18. The molecule has 0 unspecified atom stereocenters. The average Bonchev–Trinajstić information content (AvgIpc) is 2.19. The molecular weight excluding hydrogens is 238 g/mol. The number of rotatable bonds is 5. The molecule has 0 saturated heterocycles. The summed E-state index contributed by atoms with van der Waals surface area (Å²) in [5.74, 6) is 0. The Balaban J connectivity index is 2.46. The maximum atomic E-state index is 4.41. The summed E-state index contributed by atoms with van der Waals surface area (Å²) >= 11 is 3.53. The van der Waals surface area contributed by atoms with Crippen LogP contribution in [-0.2, 0) is 6.42 Å². The molecule has 0 aliphatic rings. The van der Waals surface area contributed by atoms with Crippen molar-refractivity contribution in [1.29, 1.82) is 0 Å². The summed E-state index contributed by atoms with van der Waals surface area (Å²) in [5, 5.41) is 0. The van der Waals surface area contributed by atoms with Crippen molar-refractivity contribution in [3.63, 3.8) is 0 Å². The number of unbranched alkanes of at least 4 members (excludes halogenated alkanes) is 3. The Bertz CT molecular complexity index is 284. The van der Waals surface area contributed by atoms with E-state index in [9.17, 15) is 0 Å². The van der Waals surface area contributed by atoms with Crippen LogP contribution in [0, 0.1) is 6.92 Å². The van der Waals surface area contributed by atoms with Crippen LogP contribution in [-0.4, -0.2) is 4.98 Å². The quantitative estimate of drug-likeness (QED) is 0.717. The fourth-order valence-corrected chi connectivity index (χ4v) is 1.87. The first-order valence-electron chi connectivity index (χ1n) is 5.35. The van der Waals surface area contributed by atoms with Crippen molar-refractivity contribution in [1.82, 2.24) is 4.98 Å². The van der Waals surface area contributed by atoms with Crippen LogP contribution in [0.25, 0.3) is 0 Å². The monoisotopic (exact) mass is 255 g/mol. The van der Waals surface area contributed by atoms with Gasteiger partial charge in [-0.05, 0) is 31.4 Å². The number of hydrogen-bond acceptors (Lipinski definition) is 1. The fraction of sp³-hybridized carbons (Fsp3) is 0.583. The topological polar surface area (TPSA) is 12.9 Å². The zero-order chi connectivity index (χ0) is 10.4. The van der Waals surface area contributed by atoms with Crippen molar-refractivity contribution in [3.05, 3.63) is 28.0 Å². The number of aryl methyl sites for hydroxylation is 1. The predicted octanol–water partition coefficient (Wildman–Crippen LogP) is 4.28. The lowest BCUT2D eigenvalue weighted by atomic mass is 10.1. The molecule has 0 radical (unpaired) electrons. The Labute approximate surface area is 95.1 Å². The van der Waals surface area contributed by atoms with Crippen LogP contribution in [0.2, 0.25) is 0 Å². The average molecular weight is 256 g/mol. The Morgan fingerprint density at radius 1 is 1.29 bits per heavy atom. The lowest BCUT2D eigenvalue weighted by Gasteiger charge is -2.05. The predicted molar refractivity (Wildman–Crippen MR) is 64.5 cm³/mol. The van der Waals surface area contributed by atoms with Gasteiger partial charge in [0.15, 0.2) is 0 Å². The summed E-state index contributed by atoms with van der Waals surface area (Å²) in [6, 6.07) is 2.00. The van der Waals surface area contributed by atoms with Crippen LogP contribution in [0.15, 0.2) is 16.7 Å². The van der Waals surface area contributed by atoms with Crippen LogP contribution in [0.1, 0.15) is 43.9 Å². The second kappa shape index (κ2) is 6.18. The third-order valence-electron chi connectivity index (χ3n) is 2.51. The molecule has 0 saturated carbocycles. The van der Waals surface area contributed by atoms with E-state index in [-0.39, 0.29) is 0 Å². The molecule has 0 aliphatic heterocycles. The Morgan fingerprint density at radius 2 is 2.07 bits per heavy atom. The molecule has 2 heteroatoms. The molecule has 0 N–H and O–H groups in total. The highest BCUT2D eigenvalue weighted by Gasteiger charge is 2.02. The van der Waals surface area contributed by atoms with Crippen LogP contribution in [0.4, 0.5) is 0 Å². The molecule has 0 atom stereocenters. The van der Waals surface area contributed by atoms with Gasteiger partial charge in [0.2, 0.25) is 0 Å². The van der Waals surface area contributed by atoms with Gasteiger partial charge < -0.3 is 0 Å². The van der Waals surface area contributed by atoms with Crippen molar-refractivity contribution in [2.24, 2.45) is 0 Å². The van der Waals surface area contributed by atoms with Crippen molar-refractivity contribution >= 4 is 15.9 Å². The summed E-state index contributed by atoms with van der Waals surface area (Å²) in [7, 11) is 0. The minimum atomic E-state index is 1.12. The summed E-state index contributed by atoms with van der Waals surface area (Å²) in [6.07, 6.45) is 8.22. The van der Waals surface area contributed by atoms with E-state index in [1.807, 2.05) is 12.3 Å². The summed E-state index contributed by atoms with van der Waals surface area (Å²) in [5.41, 5.74) is 2.54.